The molecule has 5 nitrogen and oxygen atoms in total. The van der Waals surface area contributed by atoms with Crippen LogP contribution in [0.2, 0.25) is 0 Å². The third kappa shape index (κ3) is 3.92. The van der Waals surface area contributed by atoms with E-state index in [2.05, 4.69) is 9.97 Å². The Morgan fingerprint density at radius 1 is 1.13 bits per heavy atom. The van der Waals surface area contributed by atoms with Crippen LogP contribution in [0, 0.1) is 6.92 Å². The highest BCUT2D eigenvalue weighted by Crippen LogP contribution is 2.31. The van der Waals surface area contributed by atoms with Gasteiger partial charge in [-0.25, -0.2) is 9.78 Å². The Kier molecular flexibility index (Phi) is 5.53. The van der Waals surface area contributed by atoms with E-state index < -0.39 is 5.97 Å². The highest BCUT2D eigenvalue weighted by Gasteiger charge is 2.14. The van der Waals surface area contributed by atoms with E-state index in [1.54, 1.807) is 30.3 Å². The SMILES string of the molecule is COC(=O)c1ccc(/C=C(\Cl)c2nc3scc(-c4ccc(C)cc4)c3c(=O)[nH]2)cc1. The molecule has 0 amide bonds. The van der Waals surface area contributed by atoms with E-state index in [1.807, 2.05) is 36.6 Å². The number of fused-ring (bicyclic) bond motifs is 1. The lowest BCUT2D eigenvalue weighted by molar-refractivity contribution is 0.0600. The maximum absolute atomic E-state index is 12.8. The van der Waals surface area contributed by atoms with E-state index in [4.69, 9.17) is 16.3 Å². The van der Waals surface area contributed by atoms with Crippen LogP contribution >= 0.6 is 22.9 Å². The fourth-order valence-electron chi connectivity index (χ4n) is 3.06. The maximum Gasteiger partial charge on any atom is 0.337 e. The van der Waals surface area contributed by atoms with Gasteiger partial charge in [0.1, 0.15) is 4.83 Å². The predicted molar refractivity (Wildman–Crippen MR) is 122 cm³/mol. The summed E-state index contributed by atoms with van der Waals surface area (Å²) >= 11 is 7.83. The van der Waals surface area contributed by atoms with Crippen molar-refractivity contribution in [3.8, 4) is 11.1 Å². The van der Waals surface area contributed by atoms with Gasteiger partial charge in [0.05, 0.1) is 23.1 Å². The molecule has 0 atom stereocenters. The molecule has 0 aliphatic carbocycles. The minimum Gasteiger partial charge on any atom is -0.465 e. The largest absolute Gasteiger partial charge is 0.465 e. The molecule has 0 bridgehead atoms. The molecular weight excluding hydrogens is 420 g/mol. The molecule has 150 valence electrons. The second kappa shape index (κ2) is 8.26. The number of ether oxygens (including phenoxy) is 1. The highest BCUT2D eigenvalue weighted by molar-refractivity contribution is 7.17. The van der Waals surface area contributed by atoms with Gasteiger partial charge in [-0.15, -0.1) is 11.3 Å². The second-order valence-corrected chi connectivity index (χ2v) is 7.98. The van der Waals surface area contributed by atoms with Gasteiger partial charge in [0.15, 0.2) is 5.82 Å². The second-order valence-electron chi connectivity index (χ2n) is 6.72. The topological polar surface area (TPSA) is 72.0 Å². The van der Waals surface area contributed by atoms with Gasteiger partial charge in [-0.1, -0.05) is 53.6 Å². The number of rotatable bonds is 4. The van der Waals surface area contributed by atoms with E-state index in [1.165, 1.54) is 18.4 Å². The van der Waals surface area contributed by atoms with Gasteiger partial charge in [-0.3, -0.25) is 4.79 Å². The van der Waals surface area contributed by atoms with Crippen LogP contribution < -0.4 is 5.56 Å². The molecule has 4 rings (SSSR count). The number of halogens is 1. The highest BCUT2D eigenvalue weighted by atomic mass is 35.5. The lowest BCUT2D eigenvalue weighted by Gasteiger charge is -2.03. The zero-order valence-electron chi connectivity index (χ0n) is 16.2. The summed E-state index contributed by atoms with van der Waals surface area (Å²) in [4.78, 5) is 32.3. The molecule has 0 saturated heterocycles. The molecule has 4 aromatic rings. The van der Waals surface area contributed by atoms with Crippen molar-refractivity contribution in [1.82, 2.24) is 9.97 Å². The molecule has 30 heavy (non-hydrogen) atoms. The number of nitrogens with zero attached hydrogens (tertiary/aromatic N) is 1. The Labute approximate surface area is 181 Å². The summed E-state index contributed by atoms with van der Waals surface area (Å²) in [5.41, 5.74) is 3.96. The summed E-state index contributed by atoms with van der Waals surface area (Å²) in [7, 11) is 1.33. The smallest absolute Gasteiger partial charge is 0.337 e. The van der Waals surface area contributed by atoms with Crippen LogP contribution in [0.25, 0.3) is 32.5 Å². The number of aryl methyl sites for hydroxylation is 1. The number of aromatic amines is 1. The number of hydrogen-bond acceptors (Lipinski definition) is 5. The summed E-state index contributed by atoms with van der Waals surface area (Å²) in [6.07, 6.45) is 1.68. The molecule has 0 fully saturated rings. The molecule has 0 aliphatic heterocycles. The van der Waals surface area contributed by atoms with Crippen molar-refractivity contribution in [3.05, 3.63) is 86.8 Å². The number of carbonyl (C=O) groups excluding carboxylic acids is 1. The summed E-state index contributed by atoms with van der Waals surface area (Å²) in [5.74, 6) is -0.112. The number of esters is 1. The molecule has 0 saturated carbocycles. The first-order chi connectivity index (χ1) is 14.5. The third-order valence-corrected chi connectivity index (χ3v) is 5.82. The molecular formula is C23H17ClN2O3S. The van der Waals surface area contributed by atoms with Crippen LogP contribution in [0.1, 0.15) is 27.3 Å². The third-order valence-electron chi connectivity index (χ3n) is 4.66. The van der Waals surface area contributed by atoms with Crippen molar-refractivity contribution >= 4 is 50.2 Å². The Hall–Kier alpha value is -3.22. The molecule has 7 heteroatoms. The fourth-order valence-corrected chi connectivity index (χ4v) is 4.22. The van der Waals surface area contributed by atoms with Gasteiger partial charge in [0.2, 0.25) is 0 Å². The normalized spacial score (nSPS) is 11.6. The first-order valence-electron chi connectivity index (χ1n) is 9.11. The quantitative estimate of drug-likeness (QED) is 0.430. The fraction of sp³-hybridized carbons (Fsp3) is 0.0870. The predicted octanol–water partition coefficient (Wildman–Crippen LogP) is 5.48. The summed E-state index contributed by atoms with van der Waals surface area (Å²) in [5, 5.41) is 2.79. The van der Waals surface area contributed by atoms with Crippen molar-refractivity contribution < 1.29 is 9.53 Å². The Morgan fingerprint density at radius 2 is 1.83 bits per heavy atom. The van der Waals surface area contributed by atoms with Gasteiger partial charge < -0.3 is 9.72 Å². The number of nitrogens with one attached hydrogen (secondary N) is 1. The molecule has 2 aromatic carbocycles. The summed E-state index contributed by atoms with van der Waals surface area (Å²) in [6.45, 7) is 2.02. The minimum absolute atomic E-state index is 0.237. The average molecular weight is 437 g/mol. The van der Waals surface area contributed by atoms with E-state index >= 15 is 0 Å². The van der Waals surface area contributed by atoms with Gasteiger partial charge in [0, 0.05) is 10.9 Å². The number of thiophene rings is 1. The lowest BCUT2D eigenvalue weighted by atomic mass is 10.1. The molecule has 0 unspecified atom stereocenters. The molecule has 0 spiro atoms. The number of hydrogen-bond donors (Lipinski definition) is 1. The number of aromatic nitrogens is 2. The summed E-state index contributed by atoms with van der Waals surface area (Å²) < 4.78 is 4.69. The number of carbonyl (C=O) groups is 1. The average Bonchev–Trinajstić information content (AvgIpc) is 3.19. The van der Waals surface area contributed by atoms with Crippen LogP contribution in [-0.2, 0) is 4.74 Å². The van der Waals surface area contributed by atoms with Crippen molar-refractivity contribution in [3.63, 3.8) is 0 Å². The van der Waals surface area contributed by atoms with Crippen molar-refractivity contribution in [2.45, 2.75) is 6.92 Å². The molecule has 2 aromatic heterocycles. The minimum atomic E-state index is -0.407. The maximum atomic E-state index is 12.8. The van der Waals surface area contributed by atoms with E-state index in [0.717, 1.165) is 22.3 Å². The van der Waals surface area contributed by atoms with Crippen molar-refractivity contribution in [2.75, 3.05) is 7.11 Å². The molecule has 0 radical (unpaired) electrons. The Balaban J connectivity index is 1.70. The van der Waals surface area contributed by atoms with Crippen LogP contribution in [0.3, 0.4) is 0 Å². The standard InChI is InChI=1S/C23H17ClN2O3S/c1-13-3-7-15(8-4-13)17-12-30-22-19(17)21(27)25-20(26-22)18(24)11-14-5-9-16(10-6-14)23(28)29-2/h3-12H,1-2H3,(H,25,26,27)/b18-11-. The monoisotopic (exact) mass is 436 g/mol. The lowest BCUT2D eigenvalue weighted by Crippen LogP contribution is -2.10. The van der Waals surface area contributed by atoms with Crippen LogP contribution in [0.4, 0.5) is 0 Å². The van der Waals surface area contributed by atoms with Gasteiger partial charge in [-0.2, -0.15) is 0 Å². The summed E-state index contributed by atoms with van der Waals surface area (Å²) in [6, 6.07) is 14.8. The van der Waals surface area contributed by atoms with Crippen molar-refractivity contribution in [2.24, 2.45) is 0 Å². The first kappa shape index (κ1) is 20.1. The van der Waals surface area contributed by atoms with E-state index in [9.17, 15) is 9.59 Å². The number of H-pyrrole nitrogens is 1. The molecule has 1 N–H and O–H groups in total. The Morgan fingerprint density at radius 3 is 2.50 bits per heavy atom. The van der Waals surface area contributed by atoms with Crippen LogP contribution in [0.5, 0.6) is 0 Å². The van der Waals surface area contributed by atoms with E-state index in [0.29, 0.717) is 26.6 Å². The molecule has 2 heterocycles. The Bertz CT molecular complexity index is 1320. The number of methoxy groups -OCH3 is 1. The van der Waals surface area contributed by atoms with Gasteiger partial charge in [0.25, 0.3) is 5.56 Å². The first-order valence-corrected chi connectivity index (χ1v) is 10.4. The zero-order chi connectivity index (χ0) is 21.3. The molecule has 0 aliphatic rings. The van der Waals surface area contributed by atoms with E-state index in [-0.39, 0.29) is 5.56 Å². The number of benzene rings is 2. The van der Waals surface area contributed by atoms with Gasteiger partial charge >= 0.3 is 5.97 Å². The van der Waals surface area contributed by atoms with Gasteiger partial charge in [-0.05, 0) is 36.3 Å². The van der Waals surface area contributed by atoms with Crippen molar-refractivity contribution in [1.29, 1.82) is 0 Å². The van der Waals surface area contributed by atoms with Crippen LogP contribution in [0.15, 0.2) is 58.7 Å². The zero-order valence-corrected chi connectivity index (χ0v) is 17.8. The van der Waals surface area contributed by atoms with Crippen LogP contribution in [-0.4, -0.2) is 23.0 Å².